The summed E-state index contributed by atoms with van der Waals surface area (Å²) in [7, 11) is 1.65. The second-order valence-electron chi connectivity index (χ2n) is 4.19. The second kappa shape index (κ2) is 8.81. The highest BCUT2D eigenvalue weighted by molar-refractivity contribution is 5.75. The molecule has 0 aliphatic rings. The third-order valence-electron chi connectivity index (χ3n) is 2.71. The standard InChI is InChI=1S/C11H24N4O2/c1-3-4-5-8(7-15-11(12)13)6-9(14-2)10(16)17/h8-9,14H,3-7H2,1-2H3,(H,16,17)(H4,12,13,15)/t8?,9-/m0/s1. The minimum Gasteiger partial charge on any atom is -0.480 e. The van der Waals surface area contributed by atoms with Gasteiger partial charge in [0, 0.05) is 6.54 Å². The monoisotopic (exact) mass is 244 g/mol. The van der Waals surface area contributed by atoms with E-state index >= 15 is 0 Å². The summed E-state index contributed by atoms with van der Waals surface area (Å²) in [5, 5.41) is 11.8. The van der Waals surface area contributed by atoms with E-state index in [4.69, 9.17) is 16.6 Å². The van der Waals surface area contributed by atoms with Crippen LogP contribution in [0.3, 0.4) is 0 Å². The van der Waals surface area contributed by atoms with Crippen molar-refractivity contribution in [2.45, 2.75) is 38.6 Å². The van der Waals surface area contributed by atoms with Crippen molar-refractivity contribution in [1.29, 1.82) is 0 Å². The third kappa shape index (κ3) is 7.57. The Kier molecular flexibility index (Phi) is 8.13. The van der Waals surface area contributed by atoms with Crippen molar-refractivity contribution >= 4 is 11.9 Å². The molecule has 100 valence electrons. The fourth-order valence-corrected chi connectivity index (χ4v) is 1.69. The minimum absolute atomic E-state index is 0.0582. The number of carboxylic acid groups (broad SMARTS) is 1. The van der Waals surface area contributed by atoms with Crippen molar-refractivity contribution in [3.8, 4) is 0 Å². The highest BCUT2D eigenvalue weighted by Crippen LogP contribution is 2.15. The summed E-state index contributed by atoms with van der Waals surface area (Å²) in [6.45, 7) is 2.60. The van der Waals surface area contributed by atoms with Gasteiger partial charge in [0.1, 0.15) is 6.04 Å². The summed E-state index contributed by atoms with van der Waals surface area (Å²) < 4.78 is 0. The van der Waals surface area contributed by atoms with Crippen LogP contribution in [-0.2, 0) is 4.79 Å². The molecule has 0 bridgehead atoms. The van der Waals surface area contributed by atoms with E-state index in [2.05, 4.69) is 17.2 Å². The van der Waals surface area contributed by atoms with Gasteiger partial charge < -0.3 is 21.9 Å². The van der Waals surface area contributed by atoms with Crippen molar-refractivity contribution in [3.63, 3.8) is 0 Å². The molecular weight excluding hydrogens is 220 g/mol. The van der Waals surface area contributed by atoms with Gasteiger partial charge in [-0.2, -0.15) is 0 Å². The lowest BCUT2D eigenvalue weighted by atomic mass is 9.94. The summed E-state index contributed by atoms with van der Waals surface area (Å²) in [5.74, 6) is -0.577. The van der Waals surface area contributed by atoms with E-state index in [0.29, 0.717) is 13.0 Å². The largest absolute Gasteiger partial charge is 0.480 e. The van der Waals surface area contributed by atoms with E-state index in [1.807, 2.05) is 0 Å². The average molecular weight is 244 g/mol. The van der Waals surface area contributed by atoms with E-state index in [9.17, 15) is 4.79 Å². The summed E-state index contributed by atoms with van der Waals surface area (Å²) in [4.78, 5) is 14.9. The molecule has 0 aromatic heterocycles. The third-order valence-corrected chi connectivity index (χ3v) is 2.71. The molecule has 0 saturated heterocycles. The Morgan fingerprint density at radius 3 is 2.53 bits per heavy atom. The van der Waals surface area contributed by atoms with Crippen LogP contribution in [-0.4, -0.2) is 36.7 Å². The fourth-order valence-electron chi connectivity index (χ4n) is 1.69. The molecular formula is C11H24N4O2. The first-order valence-electron chi connectivity index (χ1n) is 5.96. The summed E-state index contributed by atoms with van der Waals surface area (Å²) >= 11 is 0. The van der Waals surface area contributed by atoms with Crippen molar-refractivity contribution in [1.82, 2.24) is 5.32 Å². The number of rotatable bonds is 9. The number of carboxylic acids is 1. The van der Waals surface area contributed by atoms with E-state index in [1.165, 1.54) is 0 Å². The number of nitrogens with one attached hydrogen (secondary N) is 1. The molecule has 0 radical (unpaired) electrons. The smallest absolute Gasteiger partial charge is 0.320 e. The topological polar surface area (TPSA) is 114 Å². The van der Waals surface area contributed by atoms with Crippen LogP contribution in [0, 0.1) is 5.92 Å². The predicted molar refractivity (Wildman–Crippen MR) is 68.8 cm³/mol. The van der Waals surface area contributed by atoms with Gasteiger partial charge in [-0.3, -0.25) is 9.79 Å². The lowest BCUT2D eigenvalue weighted by molar-refractivity contribution is -0.139. The quantitative estimate of drug-likeness (QED) is 0.340. The molecule has 1 unspecified atom stereocenters. The number of aliphatic carboxylic acids is 1. The van der Waals surface area contributed by atoms with Gasteiger partial charge >= 0.3 is 5.97 Å². The van der Waals surface area contributed by atoms with Crippen molar-refractivity contribution < 1.29 is 9.90 Å². The SMILES string of the molecule is CCCCC(CN=C(N)N)C[C@H](NC)C(=O)O. The number of unbranched alkanes of at least 4 members (excludes halogenated alkanes) is 1. The number of aliphatic imine (C=N–C) groups is 1. The van der Waals surface area contributed by atoms with Crippen LogP contribution in [0.5, 0.6) is 0 Å². The Balaban J connectivity index is 4.34. The van der Waals surface area contributed by atoms with Gasteiger partial charge in [-0.25, -0.2) is 0 Å². The normalized spacial score (nSPS) is 14.0. The Morgan fingerprint density at radius 1 is 1.47 bits per heavy atom. The number of hydrogen-bond acceptors (Lipinski definition) is 3. The van der Waals surface area contributed by atoms with Gasteiger partial charge in [0.15, 0.2) is 5.96 Å². The van der Waals surface area contributed by atoms with Crippen LogP contribution >= 0.6 is 0 Å². The number of hydrogen-bond donors (Lipinski definition) is 4. The lowest BCUT2D eigenvalue weighted by Gasteiger charge is -2.19. The van der Waals surface area contributed by atoms with Gasteiger partial charge in [-0.05, 0) is 25.8 Å². The first-order valence-corrected chi connectivity index (χ1v) is 5.96. The second-order valence-corrected chi connectivity index (χ2v) is 4.19. The van der Waals surface area contributed by atoms with Gasteiger partial charge in [0.2, 0.25) is 0 Å². The molecule has 0 saturated carbocycles. The summed E-state index contributed by atoms with van der Waals surface area (Å²) in [6.07, 6.45) is 3.62. The maximum atomic E-state index is 10.9. The van der Waals surface area contributed by atoms with Crippen molar-refractivity contribution in [3.05, 3.63) is 0 Å². The first kappa shape index (κ1) is 15.7. The average Bonchev–Trinajstić information content (AvgIpc) is 2.27. The summed E-state index contributed by atoms with van der Waals surface area (Å²) in [6, 6.07) is -0.536. The van der Waals surface area contributed by atoms with Crippen molar-refractivity contribution in [2.24, 2.45) is 22.4 Å². The number of nitrogens with zero attached hydrogens (tertiary/aromatic N) is 1. The lowest BCUT2D eigenvalue weighted by Crippen LogP contribution is -2.36. The molecule has 0 aliphatic carbocycles. The predicted octanol–water partition coefficient (Wildman–Crippen LogP) is 0.129. The van der Waals surface area contributed by atoms with E-state index in [0.717, 1.165) is 19.3 Å². The maximum Gasteiger partial charge on any atom is 0.320 e. The van der Waals surface area contributed by atoms with Gasteiger partial charge in [0.25, 0.3) is 0 Å². The first-order chi connectivity index (χ1) is 8.01. The van der Waals surface area contributed by atoms with Crippen molar-refractivity contribution in [2.75, 3.05) is 13.6 Å². The van der Waals surface area contributed by atoms with E-state index in [1.54, 1.807) is 7.05 Å². The number of nitrogens with two attached hydrogens (primary N) is 2. The molecule has 0 aliphatic heterocycles. The molecule has 6 N–H and O–H groups in total. The van der Waals surface area contributed by atoms with Crippen LogP contribution in [0.15, 0.2) is 4.99 Å². The molecule has 0 fully saturated rings. The zero-order valence-electron chi connectivity index (χ0n) is 10.6. The molecule has 0 amide bonds. The van der Waals surface area contributed by atoms with Crippen LogP contribution < -0.4 is 16.8 Å². The molecule has 6 heteroatoms. The van der Waals surface area contributed by atoms with Crippen LogP contribution in [0.2, 0.25) is 0 Å². The Labute approximate surface area is 102 Å². The van der Waals surface area contributed by atoms with Gasteiger partial charge in [-0.15, -0.1) is 0 Å². The molecule has 6 nitrogen and oxygen atoms in total. The molecule has 0 aromatic carbocycles. The van der Waals surface area contributed by atoms with Crippen LogP contribution in [0.25, 0.3) is 0 Å². The number of guanidine groups is 1. The number of likely N-dealkylation sites (N-methyl/N-ethyl adjacent to an activating group) is 1. The Bertz CT molecular complexity index is 252. The highest BCUT2D eigenvalue weighted by atomic mass is 16.4. The summed E-state index contributed by atoms with van der Waals surface area (Å²) in [5.41, 5.74) is 10.6. The Hall–Kier alpha value is -1.30. The molecule has 0 aromatic rings. The van der Waals surface area contributed by atoms with Gasteiger partial charge in [0.05, 0.1) is 0 Å². The molecule has 0 heterocycles. The van der Waals surface area contributed by atoms with E-state index < -0.39 is 12.0 Å². The van der Waals surface area contributed by atoms with Gasteiger partial charge in [-0.1, -0.05) is 19.8 Å². The molecule has 0 rings (SSSR count). The zero-order chi connectivity index (χ0) is 13.3. The molecule has 17 heavy (non-hydrogen) atoms. The number of carbonyl (C=O) groups is 1. The zero-order valence-corrected chi connectivity index (χ0v) is 10.6. The highest BCUT2D eigenvalue weighted by Gasteiger charge is 2.20. The Morgan fingerprint density at radius 2 is 2.12 bits per heavy atom. The van der Waals surface area contributed by atoms with Crippen LogP contribution in [0.1, 0.15) is 32.6 Å². The van der Waals surface area contributed by atoms with Crippen LogP contribution in [0.4, 0.5) is 0 Å². The van der Waals surface area contributed by atoms with E-state index in [-0.39, 0.29) is 11.9 Å². The fraction of sp³-hybridized carbons (Fsp3) is 0.818. The minimum atomic E-state index is -0.835. The maximum absolute atomic E-state index is 10.9. The molecule has 2 atom stereocenters. The molecule has 0 spiro atoms.